The van der Waals surface area contributed by atoms with Crippen molar-refractivity contribution < 1.29 is 14.7 Å². The van der Waals surface area contributed by atoms with Crippen molar-refractivity contribution in [1.82, 2.24) is 5.48 Å². The van der Waals surface area contributed by atoms with Gasteiger partial charge in [-0.1, -0.05) is 0 Å². The van der Waals surface area contributed by atoms with Crippen LogP contribution >= 0.6 is 0 Å². The highest BCUT2D eigenvalue weighted by Crippen LogP contribution is 2.00. The Kier molecular flexibility index (Phi) is 1.45. The van der Waals surface area contributed by atoms with Crippen LogP contribution in [0.25, 0.3) is 0 Å². The van der Waals surface area contributed by atoms with Gasteiger partial charge >= 0.3 is 5.97 Å². The van der Waals surface area contributed by atoms with E-state index in [2.05, 4.69) is 10.3 Å². The second-order valence-electron chi connectivity index (χ2n) is 1.69. The molecule has 4 nitrogen and oxygen atoms in total. The minimum absolute atomic E-state index is 0.287. The van der Waals surface area contributed by atoms with Crippen LogP contribution in [0, 0.1) is 5.92 Å². The van der Waals surface area contributed by atoms with Crippen LogP contribution in [0.15, 0.2) is 0 Å². The van der Waals surface area contributed by atoms with Gasteiger partial charge in [0.1, 0.15) is 0 Å². The second kappa shape index (κ2) is 2.11. The number of carboxylic acid groups (broad SMARTS) is 1. The molecular formula is C4H7NO3. The normalized spacial score (nSPS) is 28.2. The molecule has 1 fully saturated rings. The zero-order valence-electron chi connectivity index (χ0n) is 4.26. The summed E-state index contributed by atoms with van der Waals surface area (Å²) in [5, 5.41) is 8.29. The van der Waals surface area contributed by atoms with Gasteiger partial charge in [-0.3, -0.25) is 4.79 Å². The molecule has 0 bridgehead atoms. The van der Waals surface area contributed by atoms with Crippen molar-refractivity contribution in [3.8, 4) is 0 Å². The first kappa shape index (κ1) is 5.53. The van der Waals surface area contributed by atoms with E-state index in [9.17, 15) is 4.79 Å². The monoisotopic (exact) mass is 117 g/mol. The first-order valence-electron chi connectivity index (χ1n) is 2.38. The van der Waals surface area contributed by atoms with Crippen LogP contribution in [-0.2, 0) is 9.63 Å². The molecule has 1 atom stereocenters. The number of hydrogen-bond acceptors (Lipinski definition) is 3. The molecule has 1 aliphatic heterocycles. The molecule has 0 spiro atoms. The van der Waals surface area contributed by atoms with Gasteiger partial charge in [0.25, 0.3) is 0 Å². The Labute approximate surface area is 46.4 Å². The summed E-state index contributed by atoms with van der Waals surface area (Å²) in [6.07, 6.45) is 0. The fourth-order valence-electron chi connectivity index (χ4n) is 0.537. The third-order valence-corrected chi connectivity index (χ3v) is 1.07. The van der Waals surface area contributed by atoms with Crippen molar-refractivity contribution in [3.05, 3.63) is 0 Å². The minimum Gasteiger partial charge on any atom is -0.481 e. The van der Waals surface area contributed by atoms with Crippen LogP contribution in [0.5, 0.6) is 0 Å². The van der Waals surface area contributed by atoms with Crippen LogP contribution in [0.4, 0.5) is 0 Å². The first-order chi connectivity index (χ1) is 3.80. The molecule has 46 valence electrons. The van der Waals surface area contributed by atoms with E-state index in [1.165, 1.54) is 0 Å². The second-order valence-corrected chi connectivity index (χ2v) is 1.69. The van der Waals surface area contributed by atoms with Crippen LogP contribution in [-0.4, -0.2) is 24.2 Å². The largest absolute Gasteiger partial charge is 0.481 e. The van der Waals surface area contributed by atoms with Crippen LogP contribution in [0.2, 0.25) is 0 Å². The summed E-state index contributed by atoms with van der Waals surface area (Å²) < 4.78 is 0. The molecular weight excluding hydrogens is 110 g/mol. The fourth-order valence-corrected chi connectivity index (χ4v) is 0.537. The van der Waals surface area contributed by atoms with Gasteiger partial charge in [-0.15, -0.1) is 0 Å². The highest BCUT2D eigenvalue weighted by atomic mass is 16.7. The van der Waals surface area contributed by atoms with Crippen LogP contribution in [0.3, 0.4) is 0 Å². The topological polar surface area (TPSA) is 58.6 Å². The summed E-state index contributed by atoms with van der Waals surface area (Å²) in [6.45, 7) is 0.713. The Morgan fingerprint density at radius 1 is 1.88 bits per heavy atom. The van der Waals surface area contributed by atoms with Crippen molar-refractivity contribution in [2.24, 2.45) is 5.92 Å². The Bertz CT molecular complexity index is 97.5. The predicted molar refractivity (Wildman–Crippen MR) is 25.1 cm³/mol. The molecule has 1 rings (SSSR count). The maximum absolute atomic E-state index is 10.1. The van der Waals surface area contributed by atoms with E-state index in [1.54, 1.807) is 0 Å². The van der Waals surface area contributed by atoms with Gasteiger partial charge in [0, 0.05) is 6.54 Å². The zero-order chi connectivity index (χ0) is 5.98. The number of hydrogen-bond donors (Lipinski definition) is 2. The van der Waals surface area contributed by atoms with Gasteiger partial charge in [-0.25, -0.2) is 5.48 Å². The van der Waals surface area contributed by atoms with E-state index in [4.69, 9.17) is 5.11 Å². The quantitative estimate of drug-likeness (QED) is 0.473. The highest BCUT2D eigenvalue weighted by Gasteiger charge is 2.22. The third kappa shape index (κ3) is 0.962. The standard InChI is InChI=1S/C4H7NO3/c6-4(7)3-1-5-8-2-3/h3,5H,1-2H2,(H,6,7). The van der Waals surface area contributed by atoms with E-state index < -0.39 is 5.97 Å². The molecule has 0 aromatic heterocycles. The maximum atomic E-state index is 10.1. The van der Waals surface area contributed by atoms with Crippen LogP contribution < -0.4 is 5.48 Å². The first-order valence-corrected chi connectivity index (χ1v) is 2.38. The van der Waals surface area contributed by atoms with Gasteiger partial charge in [0.15, 0.2) is 0 Å². The van der Waals surface area contributed by atoms with E-state index in [1.807, 2.05) is 0 Å². The summed E-state index contributed by atoms with van der Waals surface area (Å²) in [4.78, 5) is 14.7. The van der Waals surface area contributed by atoms with E-state index in [0.29, 0.717) is 6.54 Å². The number of aliphatic carboxylic acids is 1. The van der Waals surface area contributed by atoms with Crippen LogP contribution in [0.1, 0.15) is 0 Å². The van der Waals surface area contributed by atoms with Gasteiger partial charge in [0.05, 0.1) is 12.5 Å². The SMILES string of the molecule is O=C(O)C1CNOC1. The molecule has 1 saturated heterocycles. The summed E-state index contributed by atoms with van der Waals surface area (Å²) in [6, 6.07) is 0. The van der Waals surface area contributed by atoms with Gasteiger partial charge in [-0.05, 0) is 0 Å². The molecule has 0 amide bonds. The highest BCUT2D eigenvalue weighted by molar-refractivity contribution is 5.70. The van der Waals surface area contributed by atoms with Gasteiger partial charge < -0.3 is 9.94 Å². The number of carbonyl (C=O) groups is 1. The number of carboxylic acids is 1. The molecule has 0 radical (unpaired) electrons. The van der Waals surface area contributed by atoms with Crippen molar-refractivity contribution in [3.63, 3.8) is 0 Å². The van der Waals surface area contributed by atoms with Crippen molar-refractivity contribution >= 4 is 5.97 Å². The Morgan fingerprint density at radius 2 is 2.62 bits per heavy atom. The van der Waals surface area contributed by atoms with Gasteiger partial charge in [-0.2, -0.15) is 0 Å². The third-order valence-electron chi connectivity index (χ3n) is 1.07. The number of rotatable bonds is 1. The average molecular weight is 117 g/mol. The van der Waals surface area contributed by atoms with E-state index in [-0.39, 0.29) is 12.5 Å². The van der Waals surface area contributed by atoms with Crippen molar-refractivity contribution in [2.75, 3.05) is 13.2 Å². The average Bonchev–Trinajstić information content (AvgIpc) is 2.12. The van der Waals surface area contributed by atoms with Crippen molar-refractivity contribution in [2.45, 2.75) is 0 Å². The molecule has 4 heteroatoms. The zero-order valence-corrected chi connectivity index (χ0v) is 4.26. The summed E-state index contributed by atoms with van der Waals surface area (Å²) in [5.74, 6) is -1.15. The maximum Gasteiger partial charge on any atom is 0.310 e. The molecule has 1 heterocycles. The molecule has 0 aromatic carbocycles. The molecule has 8 heavy (non-hydrogen) atoms. The smallest absolute Gasteiger partial charge is 0.310 e. The predicted octanol–water partition coefficient (Wildman–Crippen LogP) is -0.778. The summed E-state index contributed by atoms with van der Waals surface area (Å²) in [5.41, 5.74) is 2.47. The lowest BCUT2D eigenvalue weighted by Gasteiger charge is -1.93. The molecule has 0 aromatic rings. The number of nitrogens with one attached hydrogen (secondary N) is 1. The minimum atomic E-state index is -0.796. The fraction of sp³-hybridized carbons (Fsp3) is 0.750. The molecule has 0 saturated carbocycles. The Morgan fingerprint density at radius 3 is 2.88 bits per heavy atom. The van der Waals surface area contributed by atoms with Gasteiger partial charge in [0.2, 0.25) is 0 Å². The lowest BCUT2D eigenvalue weighted by atomic mass is 10.2. The lowest BCUT2D eigenvalue weighted by molar-refractivity contribution is -0.141. The summed E-state index contributed by atoms with van der Waals surface area (Å²) in [7, 11) is 0. The molecule has 1 aliphatic rings. The molecule has 2 N–H and O–H groups in total. The lowest BCUT2D eigenvalue weighted by Crippen LogP contribution is -2.17. The van der Waals surface area contributed by atoms with Crippen molar-refractivity contribution in [1.29, 1.82) is 0 Å². The summed E-state index contributed by atoms with van der Waals surface area (Å²) >= 11 is 0. The Balaban J connectivity index is 2.35. The molecule has 1 unspecified atom stereocenters. The van der Waals surface area contributed by atoms with E-state index >= 15 is 0 Å². The molecule has 0 aliphatic carbocycles. The van der Waals surface area contributed by atoms with E-state index in [0.717, 1.165) is 0 Å². The number of hydroxylamine groups is 1. The Hall–Kier alpha value is -0.610.